The number of methoxy groups -OCH3 is 2. The fourth-order valence-electron chi connectivity index (χ4n) is 2.43. The van der Waals surface area contributed by atoms with Crippen LogP contribution in [-0.2, 0) is 0 Å². The zero-order chi connectivity index (χ0) is 17.1. The Labute approximate surface area is 139 Å². The van der Waals surface area contributed by atoms with E-state index in [1.807, 2.05) is 24.3 Å². The van der Waals surface area contributed by atoms with E-state index in [9.17, 15) is 4.79 Å². The Morgan fingerprint density at radius 1 is 1.08 bits per heavy atom. The highest BCUT2D eigenvalue weighted by Crippen LogP contribution is 2.26. The molecule has 3 aromatic rings. The van der Waals surface area contributed by atoms with E-state index in [-0.39, 0.29) is 5.56 Å². The first-order valence-corrected chi connectivity index (χ1v) is 7.39. The Hall–Kier alpha value is -3.15. The molecule has 24 heavy (non-hydrogen) atoms. The SMILES string of the molecule is COc1ccc(/C=N\n2c(C)nc3ccccc3c2=O)cc1OC. The first-order chi connectivity index (χ1) is 11.6. The van der Waals surface area contributed by atoms with E-state index in [0.717, 1.165) is 5.56 Å². The van der Waals surface area contributed by atoms with Crippen molar-refractivity contribution in [2.45, 2.75) is 6.92 Å². The van der Waals surface area contributed by atoms with Crippen LogP contribution >= 0.6 is 0 Å². The minimum atomic E-state index is -0.199. The van der Waals surface area contributed by atoms with E-state index >= 15 is 0 Å². The van der Waals surface area contributed by atoms with Gasteiger partial charge in [0.1, 0.15) is 5.82 Å². The molecule has 0 N–H and O–H groups in total. The number of hydrogen-bond donors (Lipinski definition) is 0. The first-order valence-electron chi connectivity index (χ1n) is 7.39. The topological polar surface area (TPSA) is 65.7 Å². The Morgan fingerprint density at radius 3 is 2.58 bits per heavy atom. The van der Waals surface area contributed by atoms with Crippen molar-refractivity contribution in [3.8, 4) is 11.5 Å². The molecule has 0 saturated carbocycles. The van der Waals surface area contributed by atoms with Gasteiger partial charge in [-0.3, -0.25) is 4.79 Å². The lowest BCUT2D eigenvalue weighted by atomic mass is 10.2. The van der Waals surface area contributed by atoms with Crippen LogP contribution in [0.3, 0.4) is 0 Å². The van der Waals surface area contributed by atoms with Gasteiger partial charge in [-0.25, -0.2) is 4.98 Å². The number of ether oxygens (including phenoxy) is 2. The van der Waals surface area contributed by atoms with E-state index < -0.39 is 0 Å². The molecule has 0 bridgehead atoms. The normalized spacial score (nSPS) is 11.1. The highest BCUT2D eigenvalue weighted by atomic mass is 16.5. The lowest BCUT2D eigenvalue weighted by Gasteiger charge is -2.08. The van der Waals surface area contributed by atoms with E-state index in [2.05, 4.69) is 10.1 Å². The molecule has 0 spiro atoms. The average Bonchev–Trinajstić information content (AvgIpc) is 2.61. The van der Waals surface area contributed by atoms with Crippen molar-refractivity contribution in [3.63, 3.8) is 0 Å². The van der Waals surface area contributed by atoms with Crippen LogP contribution in [0.25, 0.3) is 10.9 Å². The van der Waals surface area contributed by atoms with E-state index in [1.54, 1.807) is 45.6 Å². The summed E-state index contributed by atoms with van der Waals surface area (Å²) in [6.45, 7) is 1.75. The Bertz CT molecular complexity index is 977. The lowest BCUT2D eigenvalue weighted by molar-refractivity contribution is 0.355. The maximum atomic E-state index is 12.6. The lowest BCUT2D eigenvalue weighted by Crippen LogP contribution is -2.20. The van der Waals surface area contributed by atoms with Crippen LogP contribution in [0.4, 0.5) is 0 Å². The third-order valence-corrected chi connectivity index (χ3v) is 3.65. The van der Waals surface area contributed by atoms with E-state index in [4.69, 9.17) is 9.47 Å². The Balaban J connectivity index is 2.04. The number of benzene rings is 2. The fourth-order valence-corrected chi connectivity index (χ4v) is 2.43. The minimum Gasteiger partial charge on any atom is -0.493 e. The summed E-state index contributed by atoms with van der Waals surface area (Å²) in [6.07, 6.45) is 1.59. The second-order valence-electron chi connectivity index (χ2n) is 5.15. The van der Waals surface area contributed by atoms with Crippen molar-refractivity contribution in [2.24, 2.45) is 5.10 Å². The predicted molar refractivity (Wildman–Crippen MR) is 93.3 cm³/mol. The van der Waals surface area contributed by atoms with Gasteiger partial charge in [-0.05, 0) is 42.8 Å². The van der Waals surface area contributed by atoms with E-state index in [0.29, 0.717) is 28.2 Å². The molecule has 0 saturated heterocycles. The van der Waals surface area contributed by atoms with Gasteiger partial charge in [0.25, 0.3) is 5.56 Å². The maximum Gasteiger partial charge on any atom is 0.282 e. The summed E-state index contributed by atoms with van der Waals surface area (Å²) in [5.74, 6) is 1.76. The van der Waals surface area contributed by atoms with Crippen molar-refractivity contribution < 1.29 is 9.47 Å². The van der Waals surface area contributed by atoms with Crippen LogP contribution in [-0.4, -0.2) is 30.1 Å². The molecule has 2 aromatic carbocycles. The van der Waals surface area contributed by atoms with Crippen LogP contribution in [0.1, 0.15) is 11.4 Å². The summed E-state index contributed by atoms with van der Waals surface area (Å²) in [6, 6.07) is 12.6. The second kappa shape index (κ2) is 6.54. The number of nitrogens with zero attached hydrogens (tertiary/aromatic N) is 3. The smallest absolute Gasteiger partial charge is 0.282 e. The molecule has 0 amide bonds. The number of hydrogen-bond acceptors (Lipinski definition) is 5. The van der Waals surface area contributed by atoms with Crippen LogP contribution in [0.5, 0.6) is 11.5 Å². The van der Waals surface area contributed by atoms with Gasteiger partial charge in [-0.2, -0.15) is 9.78 Å². The summed E-state index contributed by atoms with van der Waals surface area (Å²) in [7, 11) is 3.15. The third kappa shape index (κ3) is 2.86. The molecule has 0 aliphatic carbocycles. The predicted octanol–water partition coefficient (Wildman–Crippen LogP) is 2.60. The molecule has 1 heterocycles. The average molecular weight is 323 g/mol. The molecule has 0 unspecified atom stereocenters. The van der Waals surface area contributed by atoms with Gasteiger partial charge in [0.05, 0.1) is 31.3 Å². The molecular weight excluding hydrogens is 306 g/mol. The molecule has 3 rings (SSSR count). The monoisotopic (exact) mass is 323 g/mol. The molecular formula is C18H17N3O3. The van der Waals surface area contributed by atoms with Crippen molar-refractivity contribution in [3.05, 3.63) is 64.2 Å². The quantitative estimate of drug-likeness (QED) is 0.692. The number of fused-ring (bicyclic) bond motifs is 1. The number of para-hydroxylation sites is 1. The molecule has 122 valence electrons. The first kappa shape index (κ1) is 15.7. The molecule has 0 atom stereocenters. The van der Waals surface area contributed by atoms with Crippen LogP contribution in [0.2, 0.25) is 0 Å². The Morgan fingerprint density at radius 2 is 1.83 bits per heavy atom. The summed E-state index contributed by atoms with van der Waals surface area (Å²) >= 11 is 0. The highest BCUT2D eigenvalue weighted by molar-refractivity contribution is 5.81. The van der Waals surface area contributed by atoms with Crippen molar-refractivity contribution in [2.75, 3.05) is 14.2 Å². The molecule has 6 heteroatoms. The van der Waals surface area contributed by atoms with Crippen LogP contribution in [0, 0.1) is 6.92 Å². The standard InChI is InChI=1S/C18H17N3O3/c1-12-20-15-7-5-4-6-14(15)18(22)21(12)19-11-13-8-9-16(23-2)17(10-13)24-3/h4-11H,1-3H3/b19-11-. The minimum absolute atomic E-state index is 0.199. The zero-order valence-electron chi connectivity index (χ0n) is 13.7. The van der Waals surface area contributed by atoms with Crippen LogP contribution < -0.4 is 15.0 Å². The molecule has 1 aromatic heterocycles. The summed E-state index contributed by atoms with van der Waals surface area (Å²) in [5.41, 5.74) is 1.25. The number of aromatic nitrogens is 2. The number of aryl methyl sites for hydroxylation is 1. The molecule has 6 nitrogen and oxygen atoms in total. The number of rotatable bonds is 4. The fraction of sp³-hybridized carbons (Fsp3) is 0.167. The van der Waals surface area contributed by atoms with Crippen molar-refractivity contribution in [1.29, 1.82) is 0 Å². The third-order valence-electron chi connectivity index (χ3n) is 3.65. The van der Waals surface area contributed by atoms with Crippen molar-refractivity contribution >= 4 is 17.1 Å². The maximum absolute atomic E-state index is 12.6. The largest absolute Gasteiger partial charge is 0.493 e. The van der Waals surface area contributed by atoms with Gasteiger partial charge in [0, 0.05) is 0 Å². The molecule has 0 fully saturated rings. The Kier molecular flexibility index (Phi) is 4.29. The summed E-state index contributed by atoms with van der Waals surface area (Å²) < 4.78 is 11.8. The van der Waals surface area contributed by atoms with Gasteiger partial charge in [-0.15, -0.1) is 0 Å². The summed E-state index contributed by atoms with van der Waals surface area (Å²) in [5, 5.41) is 4.81. The molecule has 0 aliphatic heterocycles. The van der Waals surface area contributed by atoms with Gasteiger partial charge >= 0.3 is 0 Å². The second-order valence-corrected chi connectivity index (χ2v) is 5.15. The van der Waals surface area contributed by atoms with Crippen molar-refractivity contribution in [1.82, 2.24) is 9.66 Å². The summed E-state index contributed by atoms with van der Waals surface area (Å²) in [4.78, 5) is 17.0. The van der Waals surface area contributed by atoms with E-state index in [1.165, 1.54) is 4.68 Å². The van der Waals surface area contributed by atoms with Gasteiger partial charge < -0.3 is 9.47 Å². The van der Waals surface area contributed by atoms with Gasteiger partial charge in [0.15, 0.2) is 11.5 Å². The zero-order valence-corrected chi connectivity index (χ0v) is 13.7. The highest BCUT2D eigenvalue weighted by Gasteiger charge is 2.07. The van der Waals surface area contributed by atoms with Crippen LogP contribution in [0.15, 0.2) is 52.4 Å². The molecule has 0 aliphatic rings. The van der Waals surface area contributed by atoms with Gasteiger partial charge in [0.2, 0.25) is 0 Å². The molecule has 0 radical (unpaired) electrons. The van der Waals surface area contributed by atoms with Gasteiger partial charge in [-0.1, -0.05) is 12.1 Å².